The lowest BCUT2D eigenvalue weighted by molar-refractivity contribution is -0.0556. The molecule has 0 unspecified atom stereocenters. The minimum atomic E-state index is -0.576. The van der Waals surface area contributed by atoms with Gasteiger partial charge in [-0.25, -0.2) is 4.79 Å². The van der Waals surface area contributed by atoms with Crippen LogP contribution in [-0.4, -0.2) is 71.4 Å². The first-order valence-corrected chi connectivity index (χ1v) is 13.7. The number of nitrogens with zero attached hydrogens (tertiary/aromatic N) is 2. The summed E-state index contributed by atoms with van der Waals surface area (Å²) in [5.74, 6) is 0.366. The topological polar surface area (TPSA) is 118 Å². The number of H-pyrrole nitrogens is 1. The van der Waals surface area contributed by atoms with Crippen molar-refractivity contribution < 1.29 is 23.8 Å². The average Bonchev–Trinajstić information content (AvgIpc) is 3.29. The number of aromatic nitrogens is 2. The Kier molecular flexibility index (Phi) is 7.91. The number of morpholine rings is 1. The van der Waals surface area contributed by atoms with E-state index in [2.05, 4.69) is 20.6 Å². The van der Waals surface area contributed by atoms with Crippen LogP contribution in [0.15, 0.2) is 36.7 Å². The van der Waals surface area contributed by atoms with Gasteiger partial charge in [0.1, 0.15) is 24.1 Å². The van der Waals surface area contributed by atoms with E-state index >= 15 is 0 Å². The molecule has 2 aliphatic heterocycles. The van der Waals surface area contributed by atoms with E-state index in [0.29, 0.717) is 60.4 Å². The van der Waals surface area contributed by atoms with Gasteiger partial charge in [-0.3, -0.25) is 9.78 Å². The van der Waals surface area contributed by atoms with Gasteiger partial charge in [0.05, 0.1) is 36.3 Å². The Bertz CT molecular complexity index is 1420. The summed E-state index contributed by atoms with van der Waals surface area (Å²) in [4.78, 5) is 34.9. The summed E-state index contributed by atoms with van der Waals surface area (Å²) in [6, 6.07) is 7.46. The monoisotopic (exact) mass is 567 g/mol. The molecule has 1 fully saturated rings. The Labute approximate surface area is 238 Å². The number of carbonyl (C=O) groups is 2. The van der Waals surface area contributed by atoms with Gasteiger partial charge in [0.25, 0.3) is 5.91 Å². The van der Waals surface area contributed by atoms with Crippen molar-refractivity contribution >= 4 is 35.0 Å². The van der Waals surface area contributed by atoms with Gasteiger partial charge in [-0.1, -0.05) is 17.7 Å². The number of ether oxygens (including phenoxy) is 3. The van der Waals surface area contributed by atoms with Crippen molar-refractivity contribution in [2.75, 3.05) is 38.2 Å². The average molecular weight is 568 g/mol. The summed E-state index contributed by atoms with van der Waals surface area (Å²) in [6.07, 6.45) is 3.27. The van der Waals surface area contributed by atoms with Crippen LogP contribution < -0.4 is 15.4 Å². The highest BCUT2D eigenvalue weighted by atomic mass is 35.5. The van der Waals surface area contributed by atoms with Gasteiger partial charge in [-0.05, 0) is 51.5 Å². The highest BCUT2D eigenvalue weighted by Gasteiger charge is 2.30. The van der Waals surface area contributed by atoms with E-state index < -0.39 is 5.60 Å². The van der Waals surface area contributed by atoms with Crippen molar-refractivity contribution in [1.29, 1.82) is 0 Å². The van der Waals surface area contributed by atoms with Crippen LogP contribution in [-0.2, 0) is 15.9 Å². The third-order valence-electron chi connectivity index (χ3n) is 6.76. The number of carbonyl (C=O) groups excluding carboxylic acids is 2. The maximum atomic E-state index is 13.0. The highest BCUT2D eigenvalue weighted by Crippen LogP contribution is 2.41. The van der Waals surface area contributed by atoms with Crippen molar-refractivity contribution in [2.24, 2.45) is 0 Å². The van der Waals surface area contributed by atoms with Crippen LogP contribution in [0.5, 0.6) is 5.75 Å². The Morgan fingerprint density at radius 1 is 1.30 bits per heavy atom. The van der Waals surface area contributed by atoms with Crippen molar-refractivity contribution in [3.63, 3.8) is 0 Å². The van der Waals surface area contributed by atoms with E-state index in [1.807, 2.05) is 52.0 Å². The maximum Gasteiger partial charge on any atom is 0.410 e. The van der Waals surface area contributed by atoms with Crippen LogP contribution in [0.4, 0.5) is 16.2 Å². The number of hydrogen-bond acceptors (Lipinski definition) is 7. The van der Waals surface area contributed by atoms with Crippen molar-refractivity contribution in [2.45, 2.75) is 45.8 Å². The Morgan fingerprint density at radius 2 is 2.12 bits per heavy atom. The molecular formula is C29H34ClN5O5. The zero-order valence-corrected chi connectivity index (χ0v) is 23.9. The van der Waals surface area contributed by atoms with Crippen LogP contribution in [0.3, 0.4) is 0 Å². The molecule has 1 aromatic carbocycles. The molecule has 10 nitrogen and oxygen atoms in total. The number of fused-ring (bicyclic) bond motifs is 1. The predicted molar refractivity (Wildman–Crippen MR) is 153 cm³/mol. The number of pyridine rings is 1. The number of hydrogen-bond donors (Lipinski definition) is 3. The van der Waals surface area contributed by atoms with E-state index in [1.165, 1.54) is 0 Å². The lowest BCUT2D eigenvalue weighted by Crippen LogP contribution is -2.49. The van der Waals surface area contributed by atoms with E-state index in [0.717, 1.165) is 22.5 Å². The van der Waals surface area contributed by atoms with Gasteiger partial charge in [-0.15, -0.1) is 0 Å². The van der Waals surface area contributed by atoms with E-state index in [9.17, 15) is 9.59 Å². The molecule has 3 aromatic rings. The number of aromatic amines is 1. The second-order valence-corrected chi connectivity index (χ2v) is 11.3. The molecule has 2 aliphatic rings. The molecule has 0 spiro atoms. The molecule has 0 bridgehead atoms. The fraction of sp³-hybridized carbons (Fsp3) is 0.414. The Morgan fingerprint density at radius 3 is 2.92 bits per heavy atom. The molecule has 11 heteroatoms. The molecule has 0 saturated carbocycles. The summed E-state index contributed by atoms with van der Waals surface area (Å²) < 4.78 is 17.6. The van der Waals surface area contributed by atoms with Gasteiger partial charge in [0.15, 0.2) is 0 Å². The van der Waals surface area contributed by atoms with Gasteiger partial charge in [0, 0.05) is 47.7 Å². The van der Waals surface area contributed by atoms with E-state index in [1.54, 1.807) is 17.3 Å². The lowest BCUT2D eigenvalue weighted by Gasteiger charge is -2.34. The number of anilines is 2. The second kappa shape index (κ2) is 11.4. The minimum absolute atomic E-state index is 0.153. The molecule has 4 heterocycles. The third kappa shape index (κ3) is 6.03. The van der Waals surface area contributed by atoms with Gasteiger partial charge >= 0.3 is 6.09 Å². The number of amides is 2. The first kappa shape index (κ1) is 27.8. The zero-order valence-electron chi connectivity index (χ0n) is 23.1. The van der Waals surface area contributed by atoms with Crippen LogP contribution in [0.1, 0.15) is 42.4 Å². The van der Waals surface area contributed by atoms with Crippen LogP contribution in [0, 0.1) is 6.92 Å². The molecule has 0 aliphatic carbocycles. The SMILES string of the molecule is Cc1c(Cl)cccc1Nc1c(-c2ccncc2OC[C@@H]2CN(C(=O)OC(C)(C)C)CCO2)[nH]c2c1C(=O)NCC2. The van der Waals surface area contributed by atoms with Crippen molar-refractivity contribution in [1.82, 2.24) is 20.2 Å². The zero-order chi connectivity index (χ0) is 28.4. The van der Waals surface area contributed by atoms with Gasteiger partial charge in [0.2, 0.25) is 0 Å². The molecule has 212 valence electrons. The smallest absolute Gasteiger partial charge is 0.410 e. The summed E-state index contributed by atoms with van der Waals surface area (Å²) in [7, 11) is 0. The maximum absolute atomic E-state index is 13.0. The number of rotatable bonds is 6. The molecule has 1 atom stereocenters. The summed E-state index contributed by atoms with van der Waals surface area (Å²) in [5.41, 5.74) is 4.57. The normalized spacial score (nSPS) is 17.2. The van der Waals surface area contributed by atoms with Crippen LogP contribution in [0.2, 0.25) is 5.02 Å². The molecular weight excluding hydrogens is 534 g/mol. The molecule has 2 aromatic heterocycles. The molecule has 40 heavy (non-hydrogen) atoms. The Balaban J connectivity index is 1.41. The highest BCUT2D eigenvalue weighted by molar-refractivity contribution is 6.31. The largest absolute Gasteiger partial charge is 0.488 e. The van der Waals surface area contributed by atoms with Crippen LogP contribution in [0.25, 0.3) is 11.3 Å². The van der Waals surface area contributed by atoms with Gasteiger partial charge in [-0.2, -0.15) is 0 Å². The summed E-state index contributed by atoms with van der Waals surface area (Å²) in [5, 5.41) is 7.02. The predicted octanol–water partition coefficient (Wildman–Crippen LogP) is 5.08. The van der Waals surface area contributed by atoms with Gasteiger partial charge < -0.3 is 34.7 Å². The quantitative estimate of drug-likeness (QED) is 0.380. The molecule has 0 radical (unpaired) electrons. The summed E-state index contributed by atoms with van der Waals surface area (Å²) in [6.45, 7) is 9.40. The van der Waals surface area contributed by atoms with E-state index in [-0.39, 0.29) is 24.7 Å². The fourth-order valence-corrected chi connectivity index (χ4v) is 4.96. The van der Waals surface area contributed by atoms with Crippen molar-refractivity contribution in [3.8, 4) is 17.0 Å². The minimum Gasteiger partial charge on any atom is -0.488 e. The first-order valence-electron chi connectivity index (χ1n) is 13.3. The van der Waals surface area contributed by atoms with E-state index in [4.69, 9.17) is 25.8 Å². The molecule has 5 rings (SSSR count). The standard InChI is InChI=1S/C29H34ClN5O5/c1-17-20(30)6-5-7-21(17)33-26-24-22(9-11-32-27(24)36)34-25(26)19-8-10-31-14-23(19)39-16-18-15-35(12-13-38-18)28(37)40-29(2,3)4/h5-8,10,14,18,33-34H,9,11-13,15-16H2,1-4H3,(H,32,36)/t18-/m0/s1. The second-order valence-electron chi connectivity index (χ2n) is 10.9. The first-order chi connectivity index (χ1) is 19.1. The summed E-state index contributed by atoms with van der Waals surface area (Å²) >= 11 is 6.38. The van der Waals surface area contributed by atoms with Crippen LogP contribution >= 0.6 is 11.6 Å². The Hall–Kier alpha value is -3.76. The number of nitrogens with one attached hydrogen (secondary N) is 3. The number of halogens is 1. The lowest BCUT2D eigenvalue weighted by atomic mass is 10.0. The molecule has 1 saturated heterocycles. The fourth-order valence-electron chi connectivity index (χ4n) is 4.78. The number of benzene rings is 1. The van der Waals surface area contributed by atoms with Crippen molar-refractivity contribution in [3.05, 3.63) is 58.5 Å². The molecule has 3 N–H and O–H groups in total. The molecule has 2 amide bonds. The third-order valence-corrected chi connectivity index (χ3v) is 7.17.